The van der Waals surface area contributed by atoms with E-state index in [0.29, 0.717) is 12.2 Å². The van der Waals surface area contributed by atoms with Gasteiger partial charge in [-0.15, -0.1) is 0 Å². The van der Waals surface area contributed by atoms with Gasteiger partial charge in [0.2, 0.25) is 0 Å². The summed E-state index contributed by atoms with van der Waals surface area (Å²) >= 11 is 0. The zero-order valence-electron chi connectivity index (χ0n) is 11.2. The highest BCUT2D eigenvalue weighted by Gasteiger charge is 2.08. The van der Waals surface area contributed by atoms with Crippen molar-refractivity contribution in [2.24, 2.45) is 0 Å². The predicted octanol–water partition coefficient (Wildman–Crippen LogP) is 3.81. The summed E-state index contributed by atoms with van der Waals surface area (Å²) < 4.78 is 13.0. The molecule has 0 amide bonds. The molecule has 20 heavy (non-hydrogen) atoms. The Morgan fingerprint density at radius 1 is 1.20 bits per heavy atom. The lowest BCUT2D eigenvalue weighted by molar-refractivity contribution is 0.628. The highest BCUT2D eigenvalue weighted by molar-refractivity contribution is 5.85. The van der Waals surface area contributed by atoms with E-state index in [1.165, 1.54) is 23.1 Å². The van der Waals surface area contributed by atoms with Gasteiger partial charge in [0.05, 0.1) is 11.4 Å². The van der Waals surface area contributed by atoms with E-state index in [2.05, 4.69) is 22.4 Å². The van der Waals surface area contributed by atoms with Gasteiger partial charge in [0.1, 0.15) is 5.82 Å². The lowest BCUT2D eigenvalue weighted by Crippen LogP contribution is -2.03. The van der Waals surface area contributed by atoms with Crippen molar-refractivity contribution < 1.29 is 4.39 Å². The van der Waals surface area contributed by atoms with E-state index in [1.807, 2.05) is 19.1 Å². The van der Waals surface area contributed by atoms with Gasteiger partial charge in [-0.3, -0.25) is 0 Å². The van der Waals surface area contributed by atoms with Crippen LogP contribution in [-0.4, -0.2) is 4.98 Å². The molecule has 0 radical (unpaired) electrons. The number of nitrogens with one attached hydrogen (secondary N) is 2. The number of aromatic nitrogens is 1. The third kappa shape index (κ3) is 2.20. The van der Waals surface area contributed by atoms with Crippen LogP contribution in [0.3, 0.4) is 0 Å². The second kappa shape index (κ2) is 4.89. The van der Waals surface area contributed by atoms with Crippen molar-refractivity contribution in [1.82, 2.24) is 4.98 Å². The lowest BCUT2D eigenvalue weighted by Gasteiger charge is -2.09. The Morgan fingerprint density at radius 3 is 2.80 bits per heavy atom. The average molecular weight is 269 g/mol. The molecule has 0 aliphatic heterocycles. The minimum atomic E-state index is -0.323. The second-order valence-corrected chi connectivity index (χ2v) is 4.86. The molecule has 3 rings (SSSR count). The maximum Gasteiger partial charge on any atom is 0.125 e. The first-order valence-electron chi connectivity index (χ1n) is 6.50. The van der Waals surface area contributed by atoms with Crippen molar-refractivity contribution in [1.29, 1.82) is 0 Å². The summed E-state index contributed by atoms with van der Waals surface area (Å²) in [5.74, 6) is -0.323. The monoisotopic (exact) mass is 269 g/mol. The Kier molecular flexibility index (Phi) is 3.06. The summed E-state index contributed by atoms with van der Waals surface area (Å²) in [7, 11) is 0. The number of aryl methyl sites for hydroxylation is 1. The van der Waals surface area contributed by atoms with Crippen molar-refractivity contribution in [2.45, 2.75) is 13.5 Å². The van der Waals surface area contributed by atoms with Crippen LogP contribution in [0.25, 0.3) is 10.9 Å². The van der Waals surface area contributed by atoms with Gasteiger partial charge in [0.15, 0.2) is 0 Å². The molecule has 3 aromatic rings. The molecule has 0 atom stereocenters. The van der Waals surface area contributed by atoms with Gasteiger partial charge in [-0.05, 0) is 36.8 Å². The molecule has 0 aliphatic rings. The topological polar surface area (TPSA) is 53.8 Å². The number of anilines is 2. The Balaban J connectivity index is 1.88. The molecular formula is C16H16FN3. The zero-order chi connectivity index (χ0) is 14.1. The minimum Gasteiger partial charge on any atom is -0.397 e. The summed E-state index contributed by atoms with van der Waals surface area (Å²) in [4.78, 5) is 3.36. The molecule has 0 spiro atoms. The molecular weight excluding hydrogens is 253 g/mol. The van der Waals surface area contributed by atoms with Crippen LogP contribution in [0.4, 0.5) is 15.8 Å². The van der Waals surface area contributed by atoms with Gasteiger partial charge in [-0.25, -0.2) is 4.39 Å². The fourth-order valence-corrected chi connectivity index (χ4v) is 2.44. The first kappa shape index (κ1) is 12.5. The van der Waals surface area contributed by atoms with E-state index in [0.717, 1.165) is 16.9 Å². The quantitative estimate of drug-likeness (QED) is 0.633. The number of nitrogen functional groups attached to an aromatic ring is 1. The number of hydrogen-bond donors (Lipinski definition) is 3. The standard InChI is InChI=1S/C16H16FN3/c1-10-13(12-4-2-3-5-15(12)20-10)9-19-16-7-6-11(17)8-14(16)18/h2-8,19-20H,9,18H2,1H3. The third-order valence-electron chi connectivity index (χ3n) is 3.50. The highest BCUT2D eigenvalue weighted by atomic mass is 19.1. The number of hydrogen-bond acceptors (Lipinski definition) is 2. The molecule has 0 bridgehead atoms. The normalized spacial score (nSPS) is 10.9. The van der Waals surface area contributed by atoms with Crippen molar-refractivity contribution in [2.75, 3.05) is 11.1 Å². The number of benzene rings is 2. The number of fused-ring (bicyclic) bond motifs is 1. The Hall–Kier alpha value is -2.49. The van der Waals surface area contributed by atoms with Crippen LogP contribution in [0.15, 0.2) is 42.5 Å². The number of nitrogens with two attached hydrogens (primary N) is 1. The molecule has 0 saturated heterocycles. The predicted molar refractivity (Wildman–Crippen MR) is 81.2 cm³/mol. The molecule has 1 heterocycles. The molecule has 2 aromatic carbocycles. The van der Waals surface area contributed by atoms with Gasteiger partial charge < -0.3 is 16.0 Å². The Bertz CT molecular complexity index is 762. The highest BCUT2D eigenvalue weighted by Crippen LogP contribution is 2.25. The zero-order valence-corrected chi connectivity index (χ0v) is 11.2. The molecule has 102 valence electrons. The van der Waals surface area contributed by atoms with E-state index < -0.39 is 0 Å². The Morgan fingerprint density at radius 2 is 2.00 bits per heavy atom. The van der Waals surface area contributed by atoms with Crippen molar-refractivity contribution in [3.8, 4) is 0 Å². The van der Waals surface area contributed by atoms with Gasteiger partial charge in [0.25, 0.3) is 0 Å². The van der Waals surface area contributed by atoms with E-state index in [9.17, 15) is 4.39 Å². The van der Waals surface area contributed by atoms with E-state index in [4.69, 9.17) is 5.73 Å². The van der Waals surface area contributed by atoms with Gasteiger partial charge in [0, 0.05) is 23.1 Å². The van der Waals surface area contributed by atoms with Crippen LogP contribution in [0.2, 0.25) is 0 Å². The van der Waals surface area contributed by atoms with E-state index in [1.54, 1.807) is 6.07 Å². The number of halogens is 1. The molecule has 4 heteroatoms. The number of H-pyrrole nitrogens is 1. The van der Waals surface area contributed by atoms with E-state index in [-0.39, 0.29) is 5.82 Å². The molecule has 0 saturated carbocycles. The summed E-state index contributed by atoms with van der Waals surface area (Å²) in [6, 6.07) is 12.6. The molecule has 1 aromatic heterocycles. The summed E-state index contributed by atoms with van der Waals surface area (Å²) in [6.07, 6.45) is 0. The minimum absolute atomic E-state index is 0.323. The Labute approximate surface area is 116 Å². The first-order valence-corrected chi connectivity index (χ1v) is 6.50. The maximum atomic E-state index is 13.0. The van der Waals surface area contributed by atoms with E-state index >= 15 is 0 Å². The molecule has 3 nitrogen and oxygen atoms in total. The van der Waals surface area contributed by atoms with Gasteiger partial charge in [-0.2, -0.15) is 0 Å². The van der Waals surface area contributed by atoms with Crippen molar-refractivity contribution in [3.63, 3.8) is 0 Å². The fourth-order valence-electron chi connectivity index (χ4n) is 2.44. The number of para-hydroxylation sites is 1. The summed E-state index contributed by atoms with van der Waals surface area (Å²) in [5, 5.41) is 4.46. The van der Waals surface area contributed by atoms with Crippen LogP contribution >= 0.6 is 0 Å². The van der Waals surface area contributed by atoms with Crippen LogP contribution < -0.4 is 11.1 Å². The fraction of sp³-hybridized carbons (Fsp3) is 0.125. The molecule has 0 fully saturated rings. The van der Waals surface area contributed by atoms with Crippen molar-refractivity contribution in [3.05, 3.63) is 59.5 Å². The molecule has 0 unspecified atom stereocenters. The first-order chi connectivity index (χ1) is 9.65. The maximum absolute atomic E-state index is 13.0. The molecule has 4 N–H and O–H groups in total. The van der Waals surface area contributed by atoms with Gasteiger partial charge in [-0.1, -0.05) is 18.2 Å². The molecule has 0 aliphatic carbocycles. The van der Waals surface area contributed by atoms with Crippen LogP contribution in [0, 0.1) is 12.7 Å². The second-order valence-electron chi connectivity index (χ2n) is 4.86. The van der Waals surface area contributed by atoms with Crippen molar-refractivity contribution >= 4 is 22.3 Å². The SMILES string of the molecule is Cc1[nH]c2ccccc2c1CNc1ccc(F)cc1N. The van der Waals surface area contributed by atoms with Gasteiger partial charge >= 0.3 is 0 Å². The smallest absolute Gasteiger partial charge is 0.125 e. The summed E-state index contributed by atoms with van der Waals surface area (Å²) in [5.41, 5.74) is 10.4. The average Bonchev–Trinajstić information content (AvgIpc) is 2.74. The third-order valence-corrected chi connectivity index (χ3v) is 3.50. The number of rotatable bonds is 3. The summed E-state index contributed by atoms with van der Waals surface area (Å²) in [6.45, 7) is 2.69. The van der Waals surface area contributed by atoms with Crippen LogP contribution in [-0.2, 0) is 6.54 Å². The van der Waals surface area contributed by atoms with Crippen LogP contribution in [0.5, 0.6) is 0 Å². The lowest BCUT2D eigenvalue weighted by atomic mass is 10.1. The largest absolute Gasteiger partial charge is 0.397 e. The van der Waals surface area contributed by atoms with Crippen LogP contribution in [0.1, 0.15) is 11.3 Å². The number of aromatic amines is 1.